The maximum Gasteiger partial charge on any atom is 0.191 e. The van der Waals surface area contributed by atoms with Gasteiger partial charge in [-0.15, -0.1) is 0 Å². The molecule has 2 heterocycles. The first kappa shape index (κ1) is 19.7. The monoisotopic (exact) mass is 404 g/mol. The third-order valence-electron chi connectivity index (χ3n) is 4.97. The lowest BCUT2D eigenvalue weighted by Gasteiger charge is -2.11. The Labute approximate surface area is 174 Å². The first-order valence-electron chi connectivity index (χ1n) is 9.96. The second-order valence-corrected chi connectivity index (χ2v) is 7.14. The second kappa shape index (κ2) is 9.26. The highest BCUT2D eigenvalue weighted by Gasteiger charge is 2.06. The normalized spacial score (nSPS) is 11.7. The van der Waals surface area contributed by atoms with Gasteiger partial charge in [0, 0.05) is 49.0 Å². The van der Waals surface area contributed by atoms with Crippen LogP contribution in [0, 0.1) is 5.82 Å². The van der Waals surface area contributed by atoms with Crippen LogP contribution in [0.3, 0.4) is 0 Å². The Morgan fingerprint density at radius 3 is 2.83 bits per heavy atom. The number of benzene rings is 2. The van der Waals surface area contributed by atoms with Gasteiger partial charge in [0.15, 0.2) is 5.96 Å². The van der Waals surface area contributed by atoms with Crippen molar-refractivity contribution in [3.63, 3.8) is 0 Å². The van der Waals surface area contributed by atoms with Crippen LogP contribution in [0.2, 0.25) is 0 Å². The fraction of sp³-hybridized carbons (Fsp3) is 0.217. The number of aliphatic imine (C=N–C) groups is 1. The van der Waals surface area contributed by atoms with Gasteiger partial charge in [0.05, 0.1) is 12.7 Å². The summed E-state index contributed by atoms with van der Waals surface area (Å²) in [5, 5.41) is 12.1. The van der Waals surface area contributed by atoms with E-state index in [0.717, 1.165) is 47.5 Å². The van der Waals surface area contributed by atoms with Crippen LogP contribution in [-0.4, -0.2) is 34.3 Å². The van der Waals surface area contributed by atoms with Crippen molar-refractivity contribution in [2.24, 2.45) is 4.99 Å². The summed E-state index contributed by atoms with van der Waals surface area (Å²) in [6.45, 7) is 2.11. The summed E-state index contributed by atoms with van der Waals surface area (Å²) in [7, 11) is 1.75. The summed E-state index contributed by atoms with van der Waals surface area (Å²) in [6.07, 6.45) is 6.65. The molecule has 0 fully saturated rings. The maximum absolute atomic E-state index is 13.3. The van der Waals surface area contributed by atoms with Crippen molar-refractivity contribution in [2.45, 2.75) is 19.5 Å². The van der Waals surface area contributed by atoms with Crippen molar-refractivity contribution in [1.82, 2.24) is 25.4 Å². The van der Waals surface area contributed by atoms with E-state index in [-0.39, 0.29) is 5.82 Å². The van der Waals surface area contributed by atoms with Gasteiger partial charge in [-0.1, -0.05) is 30.3 Å². The fourth-order valence-electron chi connectivity index (χ4n) is 3.44. The van der Waals surface area contributed by atoms with Gasteiger partial charge in [-0.2, -0.15) is 5.10 Å². The maximum atomic E-state index is 13.3. The van der Waals surface area contributed by atoms with E-state index in [9.17, 15) is 4.39 Å². The van der Waals surface area contributed by atoms with Crippen LogP contribution in [0.15, 0.2) is 72.1 Å². The predicted molar refractivity (Wildman–Crippen MR) is 118 cm³/mol. The molecule has 0 amide bonds. The summed E-state index contributed by atoms with van der Waals surface area (Å²) in [6, 6.07) is 15.1. The Morgan fingerprint density at radius 1 is 1.13 bits per heavy atom. The number of nitrogens with one attached hydrogen (secondary N) is 3. The first-order valence-corrected chi connectivity index (χ1v) is 9.96. The molecule has 154 valence electrons. The Hall–Kier alpha value is -3.61. The zero-order valence-corrected chi connectivity index (χ0v) is 16.9. The Morgan fingerprint density at radius 2 is 2.00 bits per heavy atom. The number of hydrogen-bond donors (Lipinski definition) is 3. The molecule has 0 radical (unpaired) electrons. The molecule has 0 saturated heterocycles. The molecule has 6 nitrogen and oxygen atoms in total. The highest BCUT2D eigenvalue weighted by Crippen LogP contribution is 2.19. The van der Waals surface area contributed by atoms with Crippen LogP contribution in [-0.2, 0) is 19.5 Å². The van der Waals surface area contributed by atoms with E-state index in [1.807, 2.05) is 47.5 Å². The highest BCUT2D eigenvalue weighted by molar-refractivity contribution is 5.83. The second-order valence-electron chi connectivity index (χ2n) is 7.14. The zero-order chi connectivity index (χ0) is 20.8. The molecule has 2 aromatic carbocycles. The molecule has 0 aliphatic carbocycles. The summed E-state index contributed by atoms with van der Waals surface area (Å²) in [5.41, 5.74) is 4.28. The molecule has 7 heteroatoms. The smallest absolute Gasteiger partial charge is 0.191 e. The first-order chi connectivity index (χ1) is 14.7. The van der Waals surface area contributed by atoms with Crippen LogP contribution in [0.1, 0.15) is 16.7 Å². The largest absolute Gasteiger partial charge is 0.361 e. The van der Waals surface area contributed by atoms with Crippen molar-refractivity contribution in [3.05, 3.63) is 89.6 Å². The molecule has 0 atom stereocenters. The van der Waals surface area contributed by atoms with E-state index >= 15 is 0 Å². The topological polar surface area (TPSA) is 70.0 Å². The van der Waals surface area contributed by atoms with Crippen molar-refractivity contribution in [1.29, 1.82) is 0 Å². The summed E-state index contributed by atoms with van der Waals surface area (Å²) in [4.78, 5) is 7.40. The molecule has 3 N–H and O–H groups in total. The van der Waals surface area contributed by atoms with Gasteiger partial charge in [0.25, 0.3) is 0 Å². The lowest BCUT2D eigenvalue weighted by Crippen LogP contribution is -2.37. The standard InChI is InChI=1S/C23H25FN6/c1-25-23(26-10-9-19-14-27-22-11-20(24)7-8-21(19)22)28-12-18-13-29-30(16-18)15-17-5-3-2-4-6-17/h2-8,11,13-14,16,27H,9-10,12,15H2,1H3,(H2,25,26,28). The molecule has 4 aromatic rings. The van der Waals surface area contributed by atoms with Gasteiger partial charge < -0.3 is 15.6 Å². The zero-order valence-electron chi connectivity index (χ0n) is 16.9. The highest BCUT2D eigenvalue weighted by atomic mass is 19.1. The summed E-state index contributed by atoms with van der Waals surface area (Å²) < 4.78 is 15.3. The Bertz CT molecular complexity index is 1130. The van der Waals surface area contributed by atoms with Crippen LogP contribution >= 0.6 is 0 Å². The quantitative estimate of drug-likeness (QED) is 0.326. The lowest BCUT2D eigenvalue weighted by molar-refractivity contribution is 0.629. The van der Waals surface area contributed by atoms with E-state index in [4.69, 9.17) is 0 Å². The van der Waals surface area contributed by atoms with Gasteiger partial charge in [-0.3, -0.25) is 9.67 Å². The number of rotatable bonds is 7. The van der Waals surface area contributed by atoms with E-state index in [0.29, 0.717) is 6.54 Å². The van der Waals surface area contributed by atoms with Crippen LogP contribution in [0.4, 0.5) is 4.39 Å². The Balaban J connectivity index is 1.26. The minimum atomic E-state index is -0.231. The summed E-state index contributed by atoms with van der Waals surface area (Å²) in [5.74, 6) is 0.502. The minimum absolute atomic E-state index is 0.231. The van der Waals surface area contributed by atoms with Crippen molar-refractivity contribution in [3.8, 4) is 0 Å². The molecule has 0 bridgehead atoms. The van der Waals surface area contributed by atoms with Crippen molar-refractivity contribution < 1.29 is 4.39 Å². The third-order valence-corrected chi connectivity index (χ3v) is 4.97. The van der Waals surface area contributed by atoms with Crippen molar-refractivity contribution in [2.75, 3.05) is 13.6 Å². The number of halogens is 1. The number of fused-ring (bicyclic) bond motifs is 1. The van der Waals surface area contributed by atoms with Crippen LogP contribution < -0.4 is 10.6 Å². The molecular weight excluding hydrogens is 379 g/mol. The number of hydrogen-bond acceptors (Lipinski definition) is 2. The Kier molecular flexibility index (Phi) is 6.08. The molecule has 0 spiro atoms. The summed E-state index contributed by atoms with van der Waals surface area (Å²) >= 11 is 0. The van der Waals surface area contributed by atoms with E-state index in [1.165, 1.54) is 17.7 Å². The SMILES string of the molecule is CN=C(NCCc1c[nH]c2cc(F)ccc12)NCc1cnn(Cc2ccccc2)c1. The van der Waals surface area contributed by atoms with Crippen LogP contribution in [0.25, 0.3) is 10.9 Å². The van der Waals surface area contributed by atoms with Gasteiger partial charge in [-0.25, -0.2) is 4.39 Å². The van der Waals surface area contributed by atoms with E-state index in [1.54, 1.807) is 7.05 Å². The number of aromatic nitrogens is 3. The molecular formula is C23H25FN6. The minimum Gasteiger partial charge on any atom is -0.361 e. The fourth-order valence-corrected chi connectivity index (χ4v) is 3.44. The van der Waals surface area contributed by atoms with E-state index < -0.39 is 0 Å². The van der Waals surface area contributed by atoms with Gasteiger partial charge >= 0.3 is 0 Å². The lowest BCUT2D eigenvalue weighted by atomic mass is 10.1. The van der Waals surface area contributed by atoms with Crippen molar-refractivity contribution >= 4 is 16.9 Å². The number of nitrogens with zero attached hydrogens (tertiary/aromatic N) is 3. The third kappa shape index (κ3) is 4.86. The molecule has 30 heavy (non-hydrogen) atoms. The predicted octanol–water partition coefficient (Wildman–Crippen LogP) is 3.46. The molecule has 0 saturated carbocycles. The molecule has 0 aliphatic heterocycles. The molecule has 2 aromatic heterocycles. The molecule has 0 aliphatic rings. The van der Waals surface area contributed by atoms with Gasteiger partial charge in [0.2, 0.25) is 0 Å². The molecule has 4 rings (SSSR count). The number of guanidine groups is 1. The van der Waals surface area contributed by atoms with Crippen LogP contribution in [0.5, 0.6) is 0 Å². The number of H-pyrrole nitrogens is 1. The average molecular weight is 404 g/mol. The van der Waals surface area contributed by atoms with Gasteiger partial charge in [0.1, 0.15) is 5.82 Å². The van der Waals surface area contributed by atoms with E-state index in [2.05, 4.69) is 37.8 Å². The average Bonchev–Trinajstić information content (AvgIpc) is 3.37. The van der Waals surface area contributed by atoms with Gasteiger partial charge in [-0.05, 0) is 35.7 Å². The number of aromatic amines is 1. The molecule has 0 unspecified atom stereocenters.